The first-order valence-electron chi connectivity index (χ1n) is 8.75. The Morgan fingerprint density at radius 3 is 2.37 bits per heavy atom. The van der Waals surface area contributed by atoms with Crippen LogP contribution in [0.4, 0.5) is 19.0 Å². The summed E-state index contributed by atoms with van der Waals surface area (Å²) in [6.45, 7) is 1.65. The van der Waals surface area contributed by atoms with Crippen molar-refractivity contribution in [1.82, 2.24) is 9.78 Å². The van der Waals surface area contributed by atoms with Crippen molar-refractivity contribution in [3.63, 3.8) is 0 Å². The Hall–Kier alpha value is -3.14. The van der Waals surface area contributed by atoms with E-state index in [1.807, 2.05) is 0 Å². The molecule has 0 fully saturated rings. The summed E-state index contributed by atoms with van der Waals surface area (Å²) in [5, 5.41) is 6.81. The molecule has 0 radical (unpaired) electrons. The van der Waals surface area contributed by atoms with E-state index in [4.69, 9.17) is 0 Å². The van der Waals surface area contributed by atoms with E-state index in [1.165, 1.54) is 47.1 Å². The van der Waals surface area contributed by atoms with Crippen molar-refractivity contribution in [3.05, 3.63) is 77.0 Å². The van der Waals surface area contributed by atoms with Crippen LogP contribution in [0, 0.1) is 6.92 Å². The number of aryl methyl sites for hydroxylation is 1. The van der Waals surface area contributed by atoms with Gasteiger partial charge in [-0.2, -0.15) is 18.3 Å². The van der Waals surface area contributed by atoms with E-state index < -0.39 is 27.5 Å². The number of benzene rings is 2. The number of alkyl halides is 3. The van der Waals surface area contributed by atoms with Crippen LogP contribution in [0.1, 0.15) is 27.2 Å². The van der Waals surface area contributed by atoms with E-state index in [2.05, 4.69) is 10.4 Å². The Labute approximate surface area is 171 Å². The van der Waals surface area contributed by atoms with Crippen molar-refractivity contribution in [3.8, 4) is 5.69 Å². The monoisotopic (exact) mass is 437 g/mol. The molecular formula is C20H18F3N3O3S. The van der Waals surface area contributed by atoms with Crippen LogP contribution >= 0.6 is 0 Å². The Morgan fingerprint density at radius 2 is 1.77 bits per heavy atom. The first kappa shape index (κ1) is 21.6. The van der Waals surface area contributed by atoms with Gasteiger partial charge in [-0.1, -0.05) is 18.2 Å². The number of nitrogens with zero attached hydrogens (tertiary/aromatic N) is 2. The molecule has 0 saturated heterocycles. The molecule has 0 aliphatic carbocycles. The van der Waals surface area contributed by atoms with Crippen molar-refractivity contribution in [2.24, 2.45) is 0 Å². The smallest absolute Gasteiger partial charge is 0.306 e. The highest BCUT2D eigenvalue weighted by molar-refractivity contribution is 7.89. The normalized spacial score (nSPS) is 12.0. The highest BCUT2D eigenvalue weighted by Gasteiger charge is 2.30. The number of carbonyl (C=O) groups excluding carboxylic acids is 1. The number of carbonyl (C=O) groups is 1. The van der Waals surface area contributed by atoms with Crippen molar-refractivity contribution < 1.29 is 26.4 Å². The third kappa shape index (κ3) is 5.26. The van der Waals surface area contributed by atoms with Crippen molar-refractivity contribution in [1.29, 1.82) is 0 Å². The largest absolute Gasteiger partial charge is 0.416 e. The molecule has 0 aliphatic heterocycles. The van der Waals surface area contributed by atoms with Crippen molar-refractivity contribution >= 4 is 21.6 Å². The molecule has 158 valence electrons. The Bertz CT molecular complexity index is 1180. The minimum Gasteiger partial charge on any atom is -0.306 e. The standard InChI is InChI=1S/C20H18F3N3O3S/c1-13-10-18(26(25-13)17-5-3-4-16(11-17)20(21,22)23)24-19(27)15-8-6-14(7-9-15)12-30(2,28)29/h3-11H,12H2,1-2H3,(H,24,27). The number of sulfone groups is 1. The fraction of sp³-hybridized carbons (Fsp3) is 0.200. The number of hydrogen-bond donors (Lipinski definition) is 1. The predicted molar refractivity (Wildman–Crippen MR) is 106 cm³/mol. The SMILES string of the molecule is Cc1cc(NC(=O)c2ccc(CS(C)(=O)=O)cc2)n(-c2cccc(C(F)(F)F)c2)n1. The zero-order valence-electron chi connectivity index (χ0n) is 16.1. The third-order valence-electron chi connectivity index (χ3n) is 4.14. The maximum atomic E-state index is 13.0. The second-order valence-electron chi connectivity index (χ2n) is 6.85. The zero-order chi connectivity index (χ0) is 22.1. The van der Waals surface area contributed by atoms with E-state index in [-0.39, 0.29) is 22.8 Å². The highest BCUT2D eigenvalue weighted by atomic mass is 32.2. The molecule has 3 rings (SSSR count). The second-order valence-corrected chi connectivity index (χ2v) is 8.99. The first-order valence-corrected chi connectivity index (χ1v) is 10.8. The first-order chi connectivity index (χ1) is 13.9. The minimum absolute atomic E-state index is 0.142. The van der Waals surface area contributed by atoms with Crippen molar-refractivity contribution in [2.45, 2.75) is 18.9 Å². The van der Waals surface area contributed by atoms with Crippen LogP contribution in [0.5, 0.6) is 0 Å². The van der Waals surface area contributed by atoms with Gasteiger partial charge in [0, 0.05) is 17.9 Å². The Balaban J connectivity index is 1.86. The molecule has 0 unspecified atom stereocenters. The van der Waals surface area contributed by atoms with Crippen LogP contribution in [-0.4, -0.2) is 30.4 Å². The molecular weight excluding hydrogens is 419 g/mol. The molecule has 6 nitrogen and oxygen atoms in total. The highest BCUT2D eigenvalue weighted by Crippen LogP contribution is 2.31. The lowest BCUT2D eigenvalue weighted by atomic mass is 10.1. The molecule has 30 heavy (non-hydrogen) atoms. The summed E-state index contributed by atoms with van der Waals surface area (Å²) in [5.41, 5.74) is 0.635. The maximum Gasteiger partial charge on any atom is 0.416 e. The van der Waals surface area contributed by atoms with Crippen LogP contribution in [-0.2, 0) is 21.8 Å². The van der Waals surface area contributed by atoms with Gasteiger partial charge in [0.15, 0.2) is 9.84 Å². The van der Waals surface area contributed by atoms with E-state index in [0.717, 1.165) is 18.4 Å². The molecule has 0 spiro atoms. The number of rotatable bonds is 5. The second kappa shape index (κ2) is 7.94. The lowest BCUT2D eigenvalue weighted by Gasteiger charge is -2.12. The summed E-state index contributed by atoms with van der Waals surface area (Å²) >= 11 is 0. The average Bonchev–Trinajstić information content (AvgIpc) is 3.00. The summed E-state index contributed by atoms with van der Waals surface area (Å²) in [6, 6.07) is 12.2. The van der Waals surface area contributed by atoms with E-state index >= 15 is 0 Å². The van der Waals surface area contributed by atoms with E-state index in [9.17, 15) is 26.4 Å². The number of hydrogen-bond acceptors (Lipinski definition) is 4. The molecule has 3 aromatic rings. The summed E-state index contributed by atoms with van der Waals surface area (Å²) in [6.07, 6.45) is -3.39. The molecule has 2 aromatic carbocycles. The number of halogens is 3. The molecule has 0 aliphatic rings. The van der Waals surface area contributed by atoms with Crippen LogP contribution < -0.4 is 5.32 Å². The summed E-state index contributed by atoms with van der Waals surface area (Å²) in [4.78, 5) is 12.6. The molecule has 1 heterocycles. The molecule has 1 N–H and O–H groups in total. The van der Waals surface area contributed by atoms with Gasteiger partial charge in [-0.15, -0.1) is 0 Å². The number of anilines is 1. The third-order valence-corrected chi connectivity index (χ3v) is 4.99. The number of amides is 1. The fourth-order valence-electron chi connectivity index (χ4n) is 2.84. The van der Waals surface area contributed by atoms with Gasteiger partial charge in [0.05, 0.1) is 22.7 Å². The van der Waals surface area contributed by atoms with E-state index in [1.54, 1.807) is 6.92 Å². The molecule has 1 amide bonds. The lowest BCUT2D eigenvalue weighted by Crippen LogP contribution is -2.15. The van der Waals surface area contributed by atoms with Gasteiger partial charge < -0.3 is 5.32 Å². The molecule has 1 aromatic heterocycles. The molecule has 0 bridgehead atoms. The van der Waals surface area contributed by atoms with Crippen LogP contribution in [0.3, 0.4) is 0 Å². The van der Waals surface area contributed by atoms with Crippen LogP contribution in [0.25, 0.3) is 5.69 Å². The molecule has 0 saturated carbocycles. The number of nitrogens with one attached hydrogen (secondary N) is 1. The summed E-state index contributed by atoms with van der Waals surface area (Å²) in [5.74, 6) is -0.442. The summed E-state index contributed by atoms with van der Waals surface area (Å²) in [7, 11) is -3.20. The van der Waals surface area contributed by atoms with Gasteiger partial charge in [0.2, 0.25) is 0 Å². The predicted octanol–water partition coefficient (Wildman–Crippen LogP) is 4.00. The topological polar surface area (TPSA) is 81.1 Å². The van der Waals surface area contributed by atoms with Gasteiger partial charge >= 0.3 is 6.18 Å². The van der Waals surface area contributed by atoms with Crippen LogP contribution in [0.15, 0.2) is 54.6 Å². The average molecular weight is 437 g/mol. The zero-order valence-corrected chi connectivity index (χ0v) is 16.9. The van der Waals surface area contributed by atoms with E-state index in [0.29, 0.717) is 11.3 Å². The molecule has 10 heteroatoms. The maximum absolute atomic E-state index is 13.0. The van der Waals surface area contributed by atoms with Gasteiger partial charge in [-0.25, -0.2) is 13.1 Å². The Morgan fingerprint density at radius 1 is 1.10 bits per heavy atom. The Kier molecular flexibility index (Phi) is 5.71. The van der Waals surface area contributed by atoms with Gasteiger partial charge in [-0.05, 0) is 42.8 Å². The lowest BCUT2D eigenvalue weighted by molar-refractivity contribution is -0.137. The quantitative estimate of drug-likeness (QED) is 0.654. The van der Waals surface area contributed by atoms with Gasteiger partial charge in [0.1, 0.15) is 5.82 Å². The molecule has 0 atom stereocenters. The fourth-order valence-corrected chi connectivity index (χ4v) is 3.64. The number of aromatic nitrogens is 2. The minimum atomic E-state index is -4.50. The summed E-state index contributed by atoms with van der Waals surface area (Å²) < 4.78 is 63.0. The van der Waals surface area contributed by atoms with Gasteiger partial charge in [-0.3, -0.25) is 4.79 Å². The van der Waals surface area contributed by atoms with Crippen LogP contribution in [0.2, 0.25) is 0 Å². The van der Waals surface area contributed by atoms with Gasteiger partial charge in [0.25, 0.3) is 5.91 Å². The van der Waals surface area contributed by atoms with Crippen molar-refractivity contribution in [2.75, 3.05) is 11.6 Å².